The number of aromatic nitrogens is 2. The lowest BCUT2D eigenvalue weighted by molar-refractivity contribution is 0.474. The zero-order chi connectivity index (χ0) is 13.8. The van der Waals surface area contributed by atoms with Crippen LogP contribution in [0.5, 0.6) is 11.5 Å². The van der Waals surface area contributed by atoms with Crippen LogP contribution in [0.25, 0.3) is 0 Å². The summed E-state index contributed by atoms with van der Waals surface area (Å²) in [6.45, 7) is 0.674. The van der Waals surface area contributed by atoms with Gasteiger partial charge in [0.05, 0.1) is 12.9 Å². The van der Waals surface area contributed by atoms with Gasteiger partial charge in [0, 0.05) is 23.6 Å². The van der Waals surface area contributed by atoms with Gasteiger partial charge in [-0.15, -0.1) is 0 Å². The van der Waals surface area contributed by atoms with Crippen molar-refractivity contribution in [2.24, 2.45) is 0 Å². The van der Waals surface area contributed by atoms with Crippen molar-refractivity contribution >= 4 is 5.69 Å². The number of imidazole rings is 1. The highest BCUT2D eigenvalue weighted by atomic mass is 16.5. The zero-order valence-corrected chi connectivity index (χ0v) is 10.9. The lowest BCUT2D eigenvalue weighted by atomic mass is 10.1. The summed E-state index contributed by atoms with van der Waals surface area (Å²) in [5.74, 6) is 1.61. The first kappa shape index (κ1) is 12.3. The molecule has 1 heterocycles. The van der Waals surface area contributed by atoms with Gasteiger partial charge in [0.1, 0.15) is 11.5 Å². The molecule has 100 valence electrons. The molecule has 0 amide bonds. The van der Waals surface area contributed by atoms with E-state index in [1.165, 1.54) is 0 Å². The Morgan fingerprint density at radius 2 is 1.95 bits per heavy atom. The summed E-state index contributed by atoms with van der Waals surface area (Å²) >= 11 is 0. The molecule has 0 spiro atoms. The van der Waals surface area contributed by atoms with E-state index in [4.69, 9.17) is 10.5 Å². The second-order valence-electron chi connectivity index (χ2n) is 4.52. The van der Waals surface area contributed by atoms with Gasteiger partial charge in [0.25, 0.3) is 0 Å². The van der Waals surface area contributed by atoms with Crippen LogP contribution >= 0.6 is 0 Å². The van der Waals surface area contributed by atoms with Crippen molar-refractivity contribution in [3.63, 3.8) is 0 Å². The van der Waals surface area contributed by atoms with E-state index in [1.807, 2.05) is 59.3 Å². The number of hydrogen-bond acceptors (Lipinski definition) is 3. The number of anilines is 1. The summed E-state index contributed by atoms with van der Waals surface area (Å²) in [6.07, 6.45) is 5.44. The first-order valence-electron chi connectivity index (χ1n) is 6.38. The predicted octanol–water partition coefficient (Wildman–Crippen LogP) is 3.31. The molecule has 0 saturated heterocycles. The van der Waals surface area contributed by atoms with Crippen LogP contribution in [-0.4, -0.2) is 9.55 Å². The van der Waals surface area contributed by atoms with E-state index in [0.717, 1.165) is 22.7 Å². The molecular formula is C16H15N3O. The Morgan fingerprint density at radius 1 is 1.10 bits per heavy atom. The molecule has 0 fully saturated rings. The van der Waals surface area contributed by atoms with Crippen molar-refractivity contribution < 1.29 is 4.74 Å². The molecule has 0 aliphatic heterocycles. The summed E-state index contributed by atoms with van der Waals surface area (Å²) in [4.78, 5) is 4.05. The molecule has 0 saturated carbocycles. The average molecular weight is 265 g/mol. The molecule has 3 rings (SSSR count). The Bertz CT molecular complexity index is 678. The monoisotopic (exact) mass is 265 g/mol. The SMILES string of the molecule is Nc1ccc(Oc2ccccc2)c(Cn2ccnc2)c1. The summed E-state index contributed by atoms with van der Waals surface area (Å²) < 4.78 is 7.90. The first-order valence-corrected chi connectivity index (χ1v) is 6.38. The summed E-state index contributed by atoms with van der Waals surface area (Å²) in [6, 6.07) is 15.4. The van der Waals surface area contributed by atoms with Crippen LogP contribution < -0.4 is 10.5 Å². The van der Waals surface area contributed by atoms with E-state index in [9.17, 15) is 0 Å². The largest absolute Gasteiger partial charge is 0.457 e. The number of nitrogen functional groups attached to an aromatic ring is 1. The Morgan fingerprint density at radius 3 is 2.70 bits per heavy atom. The van der Waals surface area contributed by atoms with Crippen molar-refractivity contribution in [1.29, 1.82) is 0 Å². The molecule has 0 aliphatic rings. The molecule has 20 heavy (non-hydrogen) atoms. The molecule has 0 atom stereocenters. The number of ether oxygens (including phenoxy) is 1. The van der Waals surface area contributed by atoms with Gasteiger partial charge in [-0.1, -0.05) is 18.2 Å². The van der Waals surface area contributed by atoms with Gasteiger partial charge < -0.3 is 15.0 Å². The van der Waals surface area contributed by atoms with Gasteiger partial charge in [-0.3, -0.25) is 0 Å². The van der Waals surface area contributed by atoms with Crippen LogP contribution in [-0.2, 0) is 6.54 Å². The topological polar surface area (TPSA) is 53.1 Å². The van der Waals surface area contributed by atoms with E-state index in [0.29, 0.717) is 6.54 Å². The maximum absolute atomic E-state index is 5.92. The van der Waals surface area contributed by atoms with Crippen molar-refractivity contribution in [1.82, 2.24) is 9.55 Å². The molecule has 0 radical (unpaired) electrons. The number of benzene rings is 2. The van der Waals surface area contributed by atoms with E-state index in [2.05, 4.69) is 4.98 Å². The second kappa shape index (κ2) is 5.48. The summed E-state index contributed by atoms with van der Waals surface area (Å²) in [5.41, 5.74) is 7.61. The average Bonchev–Trinajstić information content (AvgIpc) is 2.96. The quantitative estimate of drug-likeness (QED) is 0.736. The minimum absolute atomic E-state index is 0.674. The van der Waals surface area contributed by atoms with Crippen LogP contribution in [0.3, 0.4) is 0 Å². The van der Waals surface area contributed by atoms with Gasteiger partial charge in [-0.05, 0) is 30.3 Å². The van der Waals surface area contributed by atoms with E-state index in [1.54, 1.807) is 12.5 Å². The van der Waals surface area contributed by atoms with Crippen LogP contribution in [0.4, 0.5) is 5.69 Å². The van der Waals surface area contributed by atoms with E-state index >= 15 is 0 Å². The summed E-state index contributed by atoms with van der Waals surface area (Å²) in [5, 5.41) is 0. The Labute approximate surface area is 117 Å². The molecule has 0 aliphatic carbocycles. The predicted molar refractivity (Wildman–Crippen MR) is 78.7 cm³/mol. The maximum Gasteiger partial charge on any atom is 0.132 e. The molecule has 4 nitrogen and oxygen atoms in total. The third-order valence-corrected chi connectivity index (χ3v) is 2.97. The van der Waals surface area contributed by atoms with Gasteiger partial charge in [0.15, 0.2) is 0 Å². The third-order valence-electron chi connectivity index (χ3n) is 2.97. The third kappa shape index (κ3) is 2.80. The molecule has 0 unspecified atom stereocenters. The number of nitrogens with zero attached hydrogens (tertiary/aromatic N) is 2. The van der Waals surface area contributed by atoms with Crippen LogP contribution in [0, 0.1) is 0 Å². The van der Waals surface area contributed by atoms with Crippen molar-refractivity contribution in [2.45, 2.75) is 6.54 Å². The Balaban J connectivity index is 1.90. The first-order chi connectivity index (χ1) is 9.81. The molecule has 2 aromatic carbocycles. The highest BCUT2D eigenvalue weighted by Gasteiger charge is 2.06. The van der Waals surface area contributed by atoms with Gasteiger partial charge in [-0.25, -0.2) is 4.98 Å². The number of rotatable bonds is 4. The standard InChI is InChI=1S/C16H15N3O/c17-14-6-7-16(20-15-4-2-1-3-5-15)13(10-14)11-19-9-8-18-12-19/h1-10,12H,11,17H2. The van der Waals surface area contributed by atoms with Crippen LogP contribution in [0.15, 0.2) is 67.3 Å². The molecular weight excluding hydrogens is 250 g/mol. The van der Waals surface area contributed by atoms with Gasteiger partial charge in [0.2, 0.25) is 0 Å². The Hall–Kier alpha value is -2.75. The highest BCUT2D eigenvalue weighted by Crippen LogP contribution is 2.27. The highest BCUT2D eigenvalue weighted by molar-refractivity contribution is 5.49. The van der Waals surface area contributed by atoms with E-state index in [-0.39, 0.29) is 0 Å². The fourth-order valence-corrected chi connectivity index (χ4v) is 2.01. The van der Waals surface area contributed by atoms with Crippen LogP contribution in [0.1, 0.15) is 5.56 Å². The van der Waals surface area contributed by atoms with Gasteiger partial charge in [-0.2, -0.15) is 0 Å². The fourth-order valence-electron chi connectivity index (χ4n) is 2.01. The second-order valence-corrected chi connectivity index (χ2v) is 4.52. The zero-order valence-electron chi connectivity index (χ0n) is 10.9. The Kier molecular flexibility index (Phi) is 3.37. The van der Waals surface area contributed by atoms with Crippen molar-refractivity contribution in [3.8, 4) is 11.5 Å². The molecule has 0 bridgehead atoms. The fraction of sp³-hybridized carbons (Fsp3) is 0.0625. The lowest BCUT2D eigenvalue weighted by Gasteiger charge is -2.12. The normalized spacial score (nSPS) is 10.4. The maximum atomic E-state index is 5.92. The summed E-state index contributed by atoms with van der Waals surface area (Å²) in [7, 11) is 0. The number of nitrogens with two attached hydrogens (primary N) is 1. The van der Waals surface area contributed by atoms with Gasteiger partial charge >= 0.3 is 0 Å². The molecule has 4 heteroatoms. The minimum atomic E-state index is 0.674. The lowest BCUT2D eigenvalue weighted by Crippen LogP contribution is -2.00. The number of hydrogen-bond donors (Lipinski definition) is 1. The minimum Gasteiger partial charge on any atom is -0.457 e. The molecule has 2 N–H and O–H groups in total. The molecule has 1 aromatic heterocycles. The van der Waals surface area contributed by atoms with Crippen molar-refractivity contribution in [2.75, 3.05) is 5.73 Å². The number of para-hydroxylation sites is 1. The van der Waals surface area contributed by atoms with Crippen LogP contribution in [0.2, 0.25) is 0 Å². The van der Waals surface area contributed by atoms with Crippen molar-refractivity contribution in [3.05, 3.63) is 72.8 Å². The smallest absolute Gasteiger partial charge is 0.132 e. The molecule has 3 aromatic rings. The van der Waals surface area contributed by atoms with E-state index < -0.39 is 0 Å².